The first kappa shape index (κ1) is 22.4. The number of para-hydroxylation sites is 1. The van der Waals surface area contributed by atoms with E-state index in [9.17, 15) is 14.0 Å². The minimum absolute atomic E-state index is 0.152. The second kappa shape index (κ2) is 8.57. The molecule has 6 aromatic rings. The maximum absolute atomic E-state index is 13.5. The lowest BCUT2D eigenvalue weighted by atomic mass is 9.94. The first-order chi connectivity index (χ1) is 17.9. The number of hydrogen-bond acceptors (Lipinski definition) is 3. The minimum Gasteiger partial charge on any atom is -0.366 e. The van der Waals surface area contributed by atoms with Crippen LogP contribution >= 0.6 is 0 Å². The number of carbonyl (C=O) groups is 1. The number of nitrogens with zero attached hydrogens (tertiary/aromatic N) is 2. The van der Waals surface area contributed by atoms with Gasteiger partial charge < -0.3 is 10.7 Å². The van der Waals surface area contributed by atoms with E-state index in [0.29, 0.717) is 27.7 Å². The number of H-pyrrole nitrogens is 1. The van der Waals surface area contributed by atoms with Gasteiger partial charge in [-0.05, 0) is 83.8 Å². The Morgan fingerprint density at radius 2 is 1.70 bits per heavy atom. The highest BCUT2D eigenvalue weighted by Gasteiger charge is 2.18. The van der Waals surface area contributed by atoms with Crippen molar-refractivity contribution in [3.63, 3.8) is 0 Å². The lowest BCUT2D eigenvalue weighted by Gasteiger charge is -2.15. The summed E-state index contributed by atoms with van der Waals surface area (Å²) in [6, 6.07) is 24.6. The fraction of sp³-hybridized carbons (Fsp3) is 0.0333. The van der Waals surface area contributed by atoms with Crippen LogP contribution in [0.5, 0.6) is 0 Å². The van der Waals surface area contributed by atoms with E-state index in [1.54, 1.807) is 35.2 Å². The smallest absolute Gasteiger partial charge is 0.265 e. The molecule has 6 rings (SSSR count). The van der Waals surface area contributed by atoms with Crippen molar-refractivity contribution in [3.8, 4) is 28.1 Å². The normalized spacial score (nSPS) is 11.3. The van der Waals surface area contributed by atoms with Gasteiger partial charge in [0.25, 0.3) is 11.5 Å². The van der Waals surface area contributed by atoms with Gasteiger partial charge in [-0.2, -0.15) is 0 Å². The second-order valence-corrected chi connectivity index (χ2v) is 8.89. The standard InChI is InChI=1S/C30H21FN4O2/c1-17-20(6-4-8-27(17)35-16-33-25-7-3-2-5-22(25)30(35)37)21-13-14-23(29(32)36)28-24(21)15-26(34-28)18-9-11-19(31)12-10-18/h2-16,34H,1H3,(H2,32,36). The lowest BCUT2D eigenvalue weighted by Crippen LogP contribution is -2.19. The molecular weight excluding hydrogens is 467 g/mol. The molecule has 0 spiro atoms. The van der Waals surface area contributed by atoms with E-state index >= 15 is 0 Å². The molecule has 7 heteroatoms. The van der Waals surface area contributed by atoms with Crippen molar-refractivity contribution in [1.82, 2.24) is 14.5 Å². The SMILES string of the molecule is Cc1c(-c2ccc(C(N)=O)c3[nH]c(-c4ccc(F)cc4)cc23)cccc1-n1cnc2ccccc2c1=O. The number of rotatable bonds is 4. The highest BCUT2D eigenvalue weighted by molar-refractivity contribution is 6.10. The largest absolute Gasteiger partial charge is 0.366 e. The Morgan fingerprint density at radius 1 is 0.919 bits per heavy atom. The topological polar surface area (TPSA) is 93.8 Å². The molecular formula is C30H21FN4O2. The Morgan fingerprint density at radius 3 is 2.49 bits per heavy atom. The van der Waals surface area contributed by atoms with Crippen molar-refractivity contribution in [2.45, 2.75) is 6.92 Å². The van der Waals surface area contributed by atoms with E-state index in [-0.39, 0.29) is 11.4 Å². The molecule has 0 atom stereocenters. The Bertz CT molecular complexity index is 1900. The van der Waals surface area contributed by atoms with Crippen molar-refractivity contribution in [3.05, 3.63) is 119 Å². The van der Waals surface area contributed by atoms with E-state index in [1.807, 2.05) is 55.5 Å². The summed E-state index contributed by atoms with van der Waals surface area (Å²) in [6.45, 7) is 1.95. The molecule has 0 bridgehead atoms. The monoisotopic (exact) mass is 488 g/mol. The highest BCUT2D eigenvalue weighted by atomic mass is 19.1. The summed E-state index contributed by atoms with van der Waals surface area (Å²) < 4.78 is 15.1. The van der Waals surface area contributed by atoms with Crippen LogP contribution in [0.15, 0.2) is 96.1 Å². The molecule has 0 saturated heterocycles. The molecule has 180 valence electrons. The van der Waals surface area contributed by atoms with E-state index in [1.165, 1.54) is 12.1 Å². The third kappa shape index (κ3) is 3.68. The molecule has 2 heterocycles. The van der Waals surface area contributed by atoms with Crippen LogP contribution in [0.25, 0.3) is 49.9 Å². The Balaban J connectivity index is 1.57. The average molecular weight is 489 g/mol. The Hall–Kier alpha value is -5.04. The molecule has 0 aliphatic carbocycles. The molecule has 0 fully saturated rings. The van der Waals surface area contributed by atoms with Gasteiger partial charge >= 0.3 is 0 Å². The molecule has 3 N–H and O–H groups in total. The number of aromatic amines is 1. The van der Waals surface area contributed by atoms with E-state index in [2.05, 4.69) is 9.97 Å². The average Bonchev–Trinajstić information content (AvgIpc) is 3.35. The number of fused-ring (bicyclic) bond motifs is 2. The van der Waals surface area contributed by atoms with Gasteiger partial charge in [-0.1, -0.05) is 30.3 Å². The van der Waals surface area contributed by atoms with Gasteiger partial charge in [0.05, 0.1) is 27.7 Å². The first-order valence-corrected chi connectivity index (χ1v) is 11.7. The maximum atomic E-state index is 13.5. The third-order valence-corrected chi connectivity index (χ3v) is 6.74. The van der Waals surface area contributed by atoms with Crippen molar-refractivity contribution in [2.75, 3.05) is 0 Å². The summed E-state index contributed by atoms with van der Waals surface area (Å²) in [5.74, 6) is -0.882. The molecule has 0 unspecified atom stereocenters. The number of primary amides is 1. The lowest BCUT2D eigenvalue weighted by molar-refractivity contribution is 0.100. The number of halogens is 1. The predicted molar refractivity (Wildman–Crippen MR) is 143 cm³/mol. The van der Waals surface area contributed by atoms with Gasteiger partial charge in [-0.15, -0.1) is 0 Å². The van der Waals surface area contributed by atoms with Gasteiger partial charge in [-0.3, -0.25) is 14.2 Å². The van der Waals surface area contributed by atoms with E-state index in [0.717, 1.165) is 33.3 Å². The maximum Gasteiger partial charge on any atom is 0.265 e. The molecule has 0 aliphatic heterocycles. The zero-order chi connectivity index (χ0) is 25.7. The summed E-state index contributed by atoms with van der Waals surface area (Å²) in [6.07, 6.45) is 1.55. The van der Waals surface area contributed by atoms with Crippen LogP contribution in [-0.4, -0.2) is 20.4 Å². The second-order valence-electron chi connectivity index (χ2n) is 8.89. The van der Waals surface area contributed by atoms with Crippen LogP contribution in [0, 0.1) is 12.7 Å². The van der Waals surface area contributed by atoms with Crippen LogP contribution in [0.2, 0.25) is 0 Å². The number of carbonyl (C=O) groups excluding carboxylic acids is 1. The summed E-state index contributed by atoms with van der Waals surface area (Å²) in [5.41, 5.74) is 12.0. The Labute approximate surface area is 210 Å². The van der Waals surface area contributed by atoms with Crippen LogP contribution in [0.1, 0.15) is 15.9 Å². The molecule has 2 aromatic heterocycles. The molecule has 6 nitrogen and oxygen atoms in total. The molecule has 4 aromatic carbocycles. The number of hydrogen-bond donors (Lipinski definition) is 2. The molecule has 37 heavy (non-hydrogen) atoms. The van der Waals surface area contributed by atoms with E-state index in [4.69, 9.17) is 5.73 Å². The molecule has 0 aliphatic rings. The third-order valence-electron chi connectivity index (χ3n) is 6.74. The summed E-state index contributed by atoms with van der Waals surface area (Å²) >= 11 is 0. The quantitative estimate of drug-likeness (QED) is 0.331. The summed E-state index contributed by atoms with van der Waals surface area (Å²) in [5, 5.41) is 1.33. The van der Waals surface area contributed by atoms with Gasteiger partial charge in [0.2, 0.25) is 0 Å². The van der Waals surface area contributed by atoms with Gasteiger partial charge in [-0.25, -0.2) is 9.37 Å². The van der Waals surface area contributed by atoms with Crippen molar-refractivity contribution < 1.29 is 9.18 Å². The van der Waals surface area contributed by atoms with Gasteiger partial charge in [0.15, 0.2) is 0 Å². The van der Waals surface area contributed by atoms with Gasteiger partial charge in [0.1, 0.15) is 12.1 Å². The highest BCUT2D eigenvalue weighted by Crippen LogP contribution is 2.37. The molecule has 0 saturated carbocycles. The van der Waals surface area contributed by atoms with Gasteiger partial charge in [0, 0.05) is 11.1 Å². The van der Waals surface area contributed by atoms with Crippen molar-refractivity contribution >= 4 is 27.7 Å². The number of aromatic nitrogens is 3. The molecule has 1 amide bonds. The fourth-order valence-corrected chi connectivity index (χ4v) is 4.86. The summed E-state index contributed by atoms with van der Waals surface area (Å²) in [7, 11) is 0. The first-order valence-electron chi connectivity index (χ1n) is 11.7. The minimum atomic E-state index is -0.552. The zero-order valence-corrected chi connectivity index (χ0v) is 19.8. The number of benzene rings is 4. The van der Waals surface area contributed by atoms with Crippen molar-refractivity contribution in [1.29, 1.82) is 0 Å². The molecule has 0 radical (unpaired) electrons. The number of nitrogens with two attached hydrogens (primary N) is 1. The zero-order valence-electron chi connectivity index (χ0n) is 19.8. The number of amides is 1. The predicted octanol–water partition coefficient (Wildman–Crippen LogP) is 5.75. The fourth-order valence-electron chi connectivity index (χ4n) is 4.86. The van der Waals surface area contributed by atoms with Crippen molar-refractivity contribution in [2.24, 2.45) is 5.73 Å². The van der Waals surface area contributed by atoms with Crippen LogP contribution in [0.3, 0.4) is 0 Å². The van der Waals surface area contributed by atoms with Crippen LogP contribution in [-0.2, 0) is 0 Å². The van der Waals surface area contributed by atoms with Crippen LogP contribution in [0.4, 0.5) is 4.39 Å². The Kier molecular flexibility index (Phi) is 5.19. The van der Waals surface area contributed by atoms with Crippen LogP contribution < -0.4 is 11.3 Å². The summed E-state index contributed by atoms with van der Waals surface area (Å²) in [4.78, 5) is 33.3. The van der Waals surface area contributed by atoms with E-state index < -0.39 is 5.91 Å². The number of nitrogens with one attached hydrogen (secondary N) is 1.